The molecular formula is C10H10F3NO3. The standard InChI is InChI=1S/C10H10F3NO3/c1-17-8-5(7(14)9(15)16)3-2-4-6(8)10(11,12)13/h2-4,7H,14H2,1H3,(H,15,16). The lowest BCUT2D eigenvalue weighted by Gasteiger charge is -2.17. The molecule has 0 spiro atoms. The molecule has 0 bridgehead atoms. The molecular weight excluding hydrogens is 239 g/mol. The second-order valence-electron chi connectivity index (χ2n) is 3.24. The van der Waals surface area contributed by atoms with Gasteiger partial charge in [0.15, 0.2) is 0 Å². The lowest BCUT2D eigenvalue weighted by Crippen LogP contribution is -2.22. The Bertz CT molecular complexity index is 431. The molecule has 0 amide bonds. The molecule has 0 saturated heterocycles. The summed E-state index contributed by atoms with van der Waals surface area (Å²) in [5, 5.41) is 8.69. The van der Waals surface area contributed by atoms with Crippen LogP contribution in [0.4, 0.5) is 13.2 Å². The first kappa shape index (κ1) is 13.3. The third-order valence-corrected chi connectivity index (χ3v) is 2.16. The van der Waals surface area contributed by atoms with Gasteiger partial charge in [-0.15, -0.1) is 0 Å². The van der Waals surface area contributed by atoms with E-state index in [4.69, 9.17) is 10.8 Å². The first-order valence-electron chi connectivity index (χ1n) is 4.51. The van der Waals surface area contributed by atoms with Gasteiger partial charge in [-0.2, -0.15) is 13.2 Å². The van der Waals surface area contributed by atoms with Gasteiger partial charge in [-0.05, 0) is 6.07 Å². The number of ether oxygens (including phenoxy) is 1. The zero-order valence-electron chi connectivity index (χ0n) is 8.78. The predicted octanol–water partition coefficient (Wildman–Crippen LogP) is 1.80. The monoisotopic (exact) mass is 249 g/mol. The molecule has 0 aliphatic rings. The van der Waals surface area contributed by atoms with E-state index >= 15 is 0 Å². The molecule has 0 saturated carbocycles. The topological polar surface area (TPSA) is 72.5 Å². The zero-order chi connectivity index (χ0) is 13.2. The Hall–Kier alpha value is -1.76. The van der Waals surface area contributed by atoms with Gasteiger partial charge in [-0.25, -0.2) is 0 Å². The second-order valence-corrected chi connectivity index (χ2v) is 3.24. The molecule has 1 aromatic rings. The van der Waals surface area contributed by atoms with Gasteiger partial charge in [-0.1, -0.05) is 12.1 Å². The Kier molecular flexibility index (Phi) is 3.62. The number of nitrogens with two attached hydrogens (primary N) is 1. The van der Waals surface area contributed by atoms with Crippen molar-refractivity contribution in [3.8, 4) is 5.75 Å². The number of para-hydroxylation sites is 1. The smallest absolute Gasteiger partial charge is 0.419 e. The number of hydrogen-bond donors (Lipinski definition) is 2. The van der Waals surface area contributed by atoms with Crippen molar-refractivity contribution in [1.82, 2.24) is 0 Å². The van der Waals surface area contributed by atoms with Crippen LogP contribution in [0.15, 0.2) is 18.2 Å². The molecule has 0 aliphatic carbocycles. The summed E-state index contributed by atoms with van der Waals surface area (Å²) < 4.78 is 42.4. The fourth-order valence-electron chi connectivity index (χ4n) is 1.38. The fraction of sp³-hybridized carbons (Fsp3) is 0.300. The van der Waals surface area contributed by atoms with Gasteiger partial charge in [0.1, 0.15) is 11.8 Å². The third-order valence-electron chi connectivity index (χ3n) is 2.16. The van der Waals surface area contributed by atoms with Crippen LogP contribution in [-0.2, 0) is 11.0 Å². The van der Waals surface area contributed by atoms with E-state index in [1.165, 1.54) is 6.07 Å². The molecule has 3 N–H and O–H groups in total. The minimum Gasteiger partial charge on any atom is -0.496 e. The van der Waals surface area contributed by atoms with Crippen LogP contribution in [0.3, 0.4) is 0 Å². The molecule has 0 radical (unpaired) electrons. The highest BCUT2D eigenvalue weighted by Crippen LogP contribution is 2.39. The number of methoxy groups -OCH3 is 1. The van der Waals surface area contributed by atoms with E-state index in [0.717, 1.165) is 19.2 Å². The average Bonchev–Trinajstić information content (AvgIpc) is 2.25. The van der Waals surface area contributed by atoms with E-state index in [9.17, 15) is 18.0 Å². The first-order valence-corrected chi connectivity index (χ1v) is 4.51. The number of rotatable bonds is 3. The molecule has 1 rings (SSSR count). The maximum Gasteiger partial charge on any atom is 0.419 e. The number of hydrogen-bond acceptors (Lipinski definition) is 3. The number of alkyl halides is 3. The average molecular weight is 249 g/mol. The molecule has 0 heterocycles. The third kappa shape index (κ3) is 2.68. The van der Waals surface area contributed by atoms with E-state index in [0.29, 0.717) is 0 Å². The summed E-state index contributed by atoms with van der Waals surface area (Å²) in [5.74, 6) is -1.99. The van der Waals surface area contributed by atoms with Crippen LogP contribution < -0.4 is 10.5 Å². The van der Waals surface area contributed by atoms with Crippen LogP contribution in [0.5, 0.6) is 5.75 Å². The molecule has 1 aromatic carbocycles. The fourth-order valence-corrected chi connectivity index (χ4v) is 1.38. The Morgan fingerprint density at radius 3 is 2.47 bits per heavy atom. The SMILES string of the molecule is COc1c(C(N)C(=O)O)cccc1C(F)(F)F. The van der Waals surface area contributed by atoms with Gasteiger partial charge in [-0.3, -0.25) is 4.79 Å². The van der Waals surface area contributed by atoms with Crippen LogP contribution in [0.1, 0.15) is 17.2 Å². The number of carboxylic acids is 1. The summed E-state index contributed by atoms with van der Waals surface area (Å²) in [6.45, 7) is 0. The number of halogens is 3. The van der Waals surface area contributed by atoms with E-state index in [2.05, 4.69) is 4.74 Å². The molecule has 7 heteroatoms. The van der Waals surface area contributed by atoms with Crippen molar-refractivity contribution < 1.29 is 27.8 Å². The first-order chi connectivity index (χ1) is 7.79. The van der Waals surface area contributed by atoms with Crippen molar-refractivity contribution in [2.75, 3.05) is 7.11 Å². The van der Waals surface area contributed by atoms with Crippen molar-refractivity contribution >= 4 is 5.97 Å². The number of benzene rings is 1. The number of aliphatic carboxylic acids is 1. The Morgan fingerprint density at radius 2 is 2.06 bits per heavy atom. The van der Waals surface area contributed by atoms with Crippen LogP contribution >= 0.6 is 0 Å². The predicted molar refractivity (Wildman–Crippen MR) is 52.6 cm³/mol. The molecule has 0 aliphatic heterocycles. The minimum atomic E-state index is -4.63. The van der Waals surface area contributed by atoms with Gasteiger partial charge in [0.05, 0.1) is 12.7 Å². The van der Waals surface area contributed by atoms with Crippen molar-refractivity contribution in [3.63, 3.8) is 0 Å². The van der Waals surface area contributed by atoms with Crippen LogP contribution in [0, 0.1) is 0 Å². The van der Waals surface area contributed by atoms with Crippen molar-refractivity contribution in [2.24, 2.45) is 5.73 Å². The normalized spacial score (nSPS) is 13.2. The highest BCUT2D eigenvalue weighted by atomic mass is 19.4. The largest absolute Gasteiger partial charge is 0.496 e. The van der Waals surface area contributed by atoms with Crippen molar-refractivity contribution in [1.29, 1.82) is 0 Å². The molecule has 0 aromatic heterocycles. The van der Waals surface area contributed by atoms with Crippen LogP contribution in [0.2, 0.25) is 0 Å². The Balaban J connectivity index is 3.39. The summed E-state index contributed by atoms with van der Waals surface area (Å²) in [4.78, 5) is 10.7. The summed E-state index contributed by atoms with van der Waals surface area (Å²) in [6, 6.07) is 1.51. The quantitative estimate of drug-likeness (QED) is 0.856. The van der Waals surface area contributed by atoms with Gasteiger partial charge in [0.25, 0.3) is 0 Å². The molecule has 4 nitrogen and oxygen atoms in total. The molecule has 1 atom stereocenters. The van der Waals surface area contributed by atoms with Gasteiger partial charge in [0.2, 0.25) is 0 Å². The van der Waals surface area contributed by atoms with Gasteiger partial charge >= 0.3 is 12.1 Å². The van der Waals surface area contributed by atoms with E-state index in [1.54, 1.807) is 0 Å². The summed E-state index contributed by atoms with van der Waals surface area (Å²) in [6.07, 6.45) is -4.63. The zero-order valence-corrected chi connectivity index (χ0v) is 8.78. The molecule has 94 valence electrons. The Labute approximate surface area is 94.8 Å². The van der Waals surface area contributed by atoms with Crippen LogP contribution in [-0.4, -0.2) is 18.2 Å². The number of carbonyl (C=O) groups is 1. The van der Waals surface area contributed by atoms with E-state index < -0.39 is 29.5 Å². The van der Waals surface area contributed by atoms with E-state index in [-0.39, 0.29) is 5.56 Å². The second kappa shape index (κ2) is 4.62. The van der Waals surface area contributed by atoms with E-state index in [1.807, 2.05) is 0 Å². The number of carboxylic acid groups (broad SMARTS) is 1. The summed E-state index contributed by atoms with van der Waals surface area (Å²) >= 11 is 0. The maximum atomic E-state index is 12.6. The van der Waals surface area contributed by atoms with Gasteiger partial charge < -0.3 is 15.6 Å². The highest BCUT2D eigenvalue weighted by molar-refractivity contribution is 5.76. The van der Waals surface area contributed by atoms with Crippen molar-refractivity contribution in [3.05, 3.63) is 29.3 Å². The molecule has 0 fully saturated rings. The Morgan fingerprint density at radius 1 is 1.47 bits per heavy atom. The maximum absolute atomic E-state index is 12.6. The minimum absolute atomic E-state index is 0.213. The highest BCUT2D eigenvalue weighted by Gasteiger charge is 2.36. The molecule has 17 heavy (non-hydrogen) atoms. The summed E-state index contributed by atoms with van der Waals surface area (Å²) in [5.41, 5.74) is 4.02. The van der Waals surface area contributed by atoms with Crippen LogP contribution in [0.25, 0.3) is 0 Å². The van der Waals surface area contributed by atoms with Gasteiger partial charge in [0, 0.05) is 5.56 Å². The summed E-state index contributed by atoms with van der Waals surface area (Å²) in [7, 11) is 1.03. The molecule has 1 unspecified atom stereocenters. The lowest BCUT2D eigenvalue weighted by molar-refractivity contribution is -0.140. The lowest BCUT2D eigenvalue weighted by atomic mass is 10.0. The van der Waals surface area contributed by atoms with Crippen molar-refractivity contribution in [2.45, 2.75) is 12.2 Å².